The zero-order valence-corrected chi connectivity index (χ0v) is 19.3. The van der Waals surface area contributed by atoms with E-state index in [1.807, 2.05) is 17.9 Å². The van der Waals surface area contributed by atoms with E-state index in [9.17, 15) is 9.59 Å². The number of carbonyl (C=O) groups is 2. The second-order valence-electron chi connectivity index (χ2n) is 9.24. The van der Waals surface area contributed by atoms with E-state index >= 15 is 0 Å². The molecule has 2 saturated heterocycles. The molecule has 5 heteroatoms. The predicted octanol–water partition coefficient (Wildman–Crippen LogP) is 4.81. The third-order valence-electron chi connectivity index (χ3n) is 7.23. The van der Waals surface area contributed by atoms with Crippen molar-refractivity contribution in [3.63, 3.8) is 0 Å². The molecule has 2 aliphatic rings. The number of hydrogen-bond donors (Lipinski definition) is 0. The van der Waals surface area contributed by atoms with E-state index in [1.54, 1.807) is 31.2 Å². The number of para-hydroxylation sites is 1. The van der Waals surface area contributed by atoms with Crippen molar-refractivity contribution in [1.29, 1.82) is 0 Å². The van der Waals surface area contributed by atoms with Gasteiger partial charge in [0.2, 0.25) is 0 Å². The van der Waals surface area contributed by atoms with Crippen molar-refractivity contribution in [2.75, 3.05) is 32.8 Å². The van der Waals surface area contributed by atoms with Crippen LogP contribution in [0.2, 0.25) is 0 Å². The van der Waals surface area contributed by atoms with Crippen LogP contribution in [-0.4, -0.2) is 54.3 Å². The summed E-state index contributed by atoms with van der Waals surface area (Å²) in [6.45, 7) is 9.04. The number of piperidine rings is 2. The van der Waals surface area contributed by atoms with Crippen LogP contribution >= 0.6 is 0 Å². The molecule has 0 N–H and O–H groups in total. The summed E-state index contributed by atoms with van der Waals surface area (Å²) < 4.78 is 5.80. The molecule has 0 aliphatic carbocycles. The first-order chi connectivity index (χ1) is 15.5. The highest BCUT2D eigenvalue weighted by atomic mass is 16.5. The molecule has 0 unspecified atom stereocenters. The van der Waals surface area contributed by atoms with Crippen molar-refractivity contribution < 1.29 is 14.3 Å². The van der Waals surface area contributed by atoms with E-state index in [1.165, 1.54) is 18.4 Å². The van der Waals surface area contributed by atoms with E-state index in [4.69, 9.17) is 4.74 Å². The Kier molecular flexibility index (Phi) is 6.95. The summed E-state index contributed by atoms with van der Waals surface area (Å²) >= 11 is 0. The molecule has 0 saturated carbocycles. The Bertz CT molecular complexity index is 936. The molecular formula is C27H34N2O3. The van der Waals surface area contributed by atoms with Gasteiger partial charge in [0.1, 0.15) is 5.75 Å². The lowest BCUT2D eigenvalue weighted by molar-refractivity contribution is 0.0283. The minimum Gasteiger partial charge on any atom is -0.494 e. The molecule has 1 spiro atoms. The van der Waals surface area contributed by atoms with Crippen LogP contribution in [0.3, 0.4) is 0 Å². The van der Waals surface area contributed by atoms with Gasteiger partial charge in [-0.25, -0.2) is 0 Å². The smallest absolute Gasteiger partial charge is 0.253 e. The summed E-state index contributed by atoms with van der Waals surface area (Å²) in [5.41, 5.74) is 2.95. The monoisotopic (exact) mass is 434 g/mol. The minimum atomic E-state index is 0.0247. The van der Waals surface area contributed by atoms with Crippen LogP contribution in [0.4, 0.5) is 0 Å². The van der Waals surface area contributed by atoms with Gasteiger partial charge >= 0.3 is 0 Å². The van der Waals surface area contributed by atoms with E-state index in [0.29, 0.717) is 23.1 Å². The van der Waals surface area contributed by atoms with Gasteiger partial charge < -0.3 is 9.64 Å². The van der Waals surface area contributed by atoms with E-state index in [0.717, 1.165) is 51.3 Å². The largest absolute Gasteiger partial charge is 0.494 e. The normalized spacial score (nSPS) is 18.5. The second kappa shape index (κ2) is 9.86. The van der Waals surface area contributed by atoms with Crippen molar-refractivity contribution in [1.82, 2.24) is 9.80 Å². The molecule has 0 radical (unpaired) electrons. The van der Waals surface area contributed by atoms with Crippen molar-refractivity contribution in [3.05, 3.63) is 65.2 Å². The summed E-state index contributed by atoms with van der Waals surface area (Å²) in [6, 6.07) is 15.4. The Labute approximate surface area is 191 Å². The number of amides is 1. The zero-order valence-electron chi connectivity index (χ0n) is 19.3. The van der Waals surface area contributed by atoms with E-state index in [2.05, 4.69) is 23.1 Å². The molecule has 170 valence electrons. The molecule has 2 heterocycles. The van der Waals surface area contributed by atoms with Crippen molar-refractivity contribution in [3.8, 4) is 5.75 Å². The first-order valence-electron chi connectivity index (χ1n) is 11.8. The third-order valence-corrected chi connectivity index (χ3v) is 7.23. The maximum Gasteiger partial charge on any atom is 0.253 e. The van der Waals surface area contributed by atoms with Crippen molar-refractivity contribution >= 4 is 11.7 Å². The third kappa shape index (κ3) is 5.04. The van der Waals surface area contributed by atoms with Crippen LogP contribution in [0.5, 0.6) is 5.75 Å². The van der Waals surface area contributed by atoms with Crippen LogP contribution in [0.25, 0.3) is 0 Å². The van der Waals surface area contributed by atoms with Gasteiger partial charge in [-0.2, -0.15) is 0 Å². The molecule has 1 amide bonds. The molecule has 0 atom stereocenters. The molecule has 2 fully saturated rings. The maximum atomic E-state index is 12.9. The Morgan fingerprint density at radius 3 is 2.09 bits per heavy atom. The number of likely N-dealkylation sites (tertiary alicyclic amines) is 2. The Morgan fingerprint density at radius 1 is 0.875 bits per heavy atom. The number of ketones is 1. The van der Waals surface area contributed by atoms with E-state index in [-0.39, 0.29) is 11.7 Å². The molecule has 0 bridgehead atoms. The average Bonchev–Trinajstić information content (AvgIpc) is 2.82. The number of rotatable bonds is 6. The molecule has 2 aliphatic heterocycles. The molecule has 32 heavy (non-hydrogen) atoms. The van der Waals surface area contributed by atoms with Crippen molar-refractivity contribution in [2.24, 2.45) is 5.41 Å². The van der Waals surface area contributed by atoms with Crippen LogP contribution in [0.15, 0.2) is 48.5 Å². The summed E-state index contributed by atoms with van der Waals surface area (Å²) in [5, 5.41) is 0. The highest BCUT2D eigenvalue weighted by Crippen LogP contribution is 2.42. The van der Waals surface area contributed by atoms with Crippen LogP contribution in [0, 0.1) is 5.41 Å². The van der Waals surface area contributed by atoms with E-state index < -0.39 is 0 Å². The van der Waals surface area contributed by atoms with Gasteiger partial charge in [0, 0.05) is 36.3 Å². The Hall–Kier alpha value is -2.66. The van der Waals surface area contributed by atoms with Gasteiger partial charge in [-0.1, -0.05) is 30.3 Å². The fourth-order valence-corrected chi connectivity index (χ4v) is 5.07. The molecule has 2 aromatic rings. The molecule has 0 aromatic heterocycles. The summed E-state index contributed by atoms with van der Waals surface area (Å²) in [6.07, 6.45) is 4.54. The predicted molar refractivity (Wildman–Crippen MR) is 126 cm³/mol. The van der Waals surface area contributed by atoms with Crippen LogP contribution < -0.4 is 4.74 Å². The molecular weight excluding hydrogens is 400 g/mol. The molecule has 5 nitrogen and oxygen atoms in total. The number of hydrogen-bond acceptors (Lipinski definition) is 4. The second-order valence-corrected chi connectivity index (χ2v) is 9.24. The summed E-state index contributed by atoms with van der Waals surface area (Å²) in [4.78, 5) is 28.9. The van der Waals surface area contributed by atoms with Crippen LogP contribution in [0.1, 0.15) is 65.8 Å². The number of ether oxygens (including phenoxy) is 1. The summed E-state index contributed by atoms with van der Waals surface area (Å²) in [5.74, 6) is 1.11. The standard InChI is InChI=1S/C27H34N2O3/c1-3-32-25-7-5-4-6-24(25)20-28-16-12-27(13-17-28)14-18-29(19-15-27)26(31)23-10-8-22(9-11-23)21(2)30/h4-11H,3,12-20H2,1-2H3. The number of benzene rings is 2. The number of carbonyl (C=O) groups excluding carboxylic acids is 2. The van der Waals surface area contributed by atoms with Gasteiger partial charge in [0.15, 0.2) is 5.78 Å². The fraction of sp³-hybridized carbons (Fsp3) is 0.481. The SMILES string of the molecule is CCOc1ccccc1CN1CCC2(CC1)CCN(C(=O)c1ccc(C(C)=O)cc1)CC2. The lowest BCUT2D eigenvalue weighted by Crippen LogP contribution is -2.48. The van der Waals surface area contributed by atoms with Crippen molar-refractivity contribution in [2.45, 2.75) is 46.1 Å². The quantitative estimate of drug-likeness (QED) is 0.613. The minimum absolute atomic E-state index is 0.0247. The Morgan fingerprint density at radius 2 is 1.47 bits per heavy atom. The van der Waals surface area contributed by atoms with Gasteiger partial charge in [-0.3, -0.25) is 14.5 Å². The maximum absolute atomic E-state index is 12.9. The lowest BCUT2D eigenvalue weighted by Gasteiger charge is -2.47. The highest BCUT2D eigenvalue weighted by Gasteiger charge is 2.38. The van der Waals surface area contributed by atoms with Gasteiger partial charge in [0.25, 0.3) is 5.91 Å². The zero-order chi connectivity index (χ0) is 22.6. The van der Waals surface area contributed by atoms with Gasteiger partial charge in [-0.05, 0) is 76.2 Å². The topological polar surface area (TPSA) is 49.9 Å². The Balaban J connectivity index is 1.29. The first kappa shape index (κ1) is 22.5. The summed E-state index contributed by atoms with van der Waals surface area (Å²) in [7, 11) is 0. The molecule has 2 aromatic carbocycles. The fourth-order valence-electron chi connectivity index (χ4n) is 5.07. The first-order valence-corrected chi connectivity index (χ1v) is 11.8. The number of nitrogens with zero attached hydrogens (tertiary/aromatic N) is 2. The van der Waals surface area contributed by atoms with Crippen LogP contribution in [-0.2, 0) is 6.54 Å². The number of Topliss-reactive ketones (excluding diaryl/α,β-unsaturated/α-hetero) is 1. The highest BCUT2D eigenvalue weighted by molar-refractivity contribution is 5.97. The lowest BCUT2D eigenvalue weighted by atomic mass is 9.71. The average molecular weight is 435 g/mol. The molecule has 4 rings (SSSR count). The van der Waals surface area contributed by atoms with Gasteiger partial charge in [0.05, 0.1) is 6.61 Å². The van der Waals surface area contributed by atoms with Gasteiger partial charge in [-0.15, -0.1) is 0 Å².